The SMILES string of the molecule is C=C(COC1CCC(c2ccc(-c3ccc(O)cc3)c(F)c2F)CC1)/C(F)=C(/F)C(=C)OC.C=CCC. The van der Waals surface area contributed by atoms with Gasteiger partial charge < -0.3 is 14.6 Å². The lowest BCUT2D eigenvalue weighted by atomic mass is 9.82. The molecule has 0 atom stereocenters. The van der Waals surface area contributed by atoms with Crippen molar-refractivity contribution in [2.24, 2.45) is 0 Å². The van der Waals surface area contributed by atoms with Crippen molar-refractivity contribution in [3.8, 4) is 16.9 Å². The summed E-state index contributed by atoms with van der Waals surface area (Å²) >= 11 is 0. The Labute approximate surface area is 216 Å². The number of hydrogen-bond acceptors (Lipinski definition) is 3. The number of hydrogen-bond donors (Lipinski definition) is 1. The number of phenols is 1. The first-order valence-corrected chi connectivity index (χ1v) is 12.1. The Kier molecular flexibility index (Phi) is 11.7. The van der Waals surface area contributed by atoms with Gasteiger partial charge in [-0.25, -0.2) is 13.2 Å². The lowest BCUT2D eigenvalue weighted by Gasteiger charge is -2.29. The second-order valence-electron chi connectivity index (χ2n) is 8.72. The van der Waals surface area contributed by atoms with Crippen molar-refractivity contribution in [3.63, 3.8) is 0 Å². The lowest BCUT2D eigenvalue weighted by molar-refractivity contribution is 0.0380. The Morgan fingerprint density at radius 1 is 0.973 bits per heavy atom. The Morgan fingerprint density at radius 2 is 1.57 bits per heavy atom. The van der Waals surface area contributed by atoms with Crippen LogP contribution in [0.25, 0.3) is 11.1 Å². The largest absolute Gasteiger partial charge is 0.508 e. The maximum absolute atomic E-state index is 14.9. The molecule has 37 heavy (non-hydrogen) atoms. The van der Waals surface area contributed by atoms with Crippen molar-refractivity contribution in [2.45, 2.75) is 51.0 Å². The number of benzene rings is 2. The molecule has 0 aliphatic heterocycles. The van der Waals surface area contributed by atoms with E-state index in [1.165, 1.54) is 31.4 Å². The van der Waals surface area contributed by atoms with Gasteiger partial charge in [0, 0.05) is 11.1 Å². The van der Waals surface area contributed by atoms with Crippen LogP contribution in [0.1, 0.15) is 50.5 Å². The summed E-state index contributed by atoms with van der Waals surface area (Å²) in [5.41, 5.74) is 0.753. The fourth-order valence-corrected chi connectivity index (χ4v) is 3.93. The molecule has 0 aromatic heterocycles. The first kappa shape index (κ1) is 29.9. The zero-order valence-corrected chi connectivity index (χ0v) is 21.3. The van der Waals surface area contributed by atoms with Crippen molar-refractivity contribution < 1.29 is 32.1 Å². The summed E-state index contributed by atoms with van der Waals surface area (Å²) in [6.45, 7) is 12.1. The molecule has 1 aliphatic carbocycles. The van der Waals surface area contributed by atoms with E-state index in [2.05, 4.69) is 31.4 Å². The monoisotopic (exact) mass is 518 g/mol. The molecule has 2 aromatic carbocycles. The second-order valence-corrected chi connectivity index (χ2v) is 8.72. The van der Waals surface area contributed by atoms with Gasteiger partial charge in [-0.2, -0.15) is 4.39 Å². The molecule has 1 N–H and O–H groups in total. The number of halogens is 4. The fourth-order valence-electron chi connectivity index (χ4n) is 3.93. The van der Waals surface area contributed by atoms with Crippen LogP contribution >= 0.6 is 0 Å². The van der Waals surface area contributed by atoms with Crippen LogP contribution < -0.4 is 0 Å². The van der Waals surface area contributed by atoms with E-state index in [1.54, 1.807) is 12.1 Å². The van der Waals surface area contributed by atoms with Gasteiger partial charge in [-0.3, -0.25) is 0 Å². The zero-order valence-electron chi connectivity index (χ0n) is 21.3. The molecule has 3 rings (SSSR count). The number of phenolic OH excluding ortho intramolecular Hbond substituents is 1. The molecule has 3 nitrogen and oxygen atoms in total. The van der Waals surface area contributed by atoms with E-state index in [0.717, 1.165) is 6.42 Å². The minimum atomic E-state index is -1.22. The molecule has 0 saturated heterocycles. The van der Waals surface area contributed by atoms with E-state index < -0.39 is 29.0 Å². The summed E-state index contributed by atoms with van der Waals surface area (Å²) in [4.78, 5) is 0. The minimum Gasteiger partial charge on any atom is -0.508 e. The van der Waals surface area contributed by atoms with Crippen molar-refractivity contribution in [1.82, 2.24) is 0 Å². The van der Waals surface area contributed by atoms with E-state index in [-0.39, 0.29) is 35.5 Å². The quantitative estimate of drug-likeness (QED) is 0.156. The highest BCUT2D eigenvalue weighted by atomic mass is 19.2. The summed E-state index contributed by atoms with van der Waals surface area (Å²) in [5.74, 6) is -4.74. The normalized spacial score (nSPS) is 17.7. The molecule has 0 bridgehead atoms. The van der Waals surface area contributed by atoms with E-state index in [9.17, 15) is 22.7 Å². The van der Waals surface area contributed by atoms with Gasteiger partial charge in [0.2, 0.25) is 0 Å². The van der Waals surface area contributed by atoms with Gasteiger partial charge in [0.15, 0.2) is 23.3 Å². The number of allylic oxidation sites excluding steroid dienone is 2. The third kappa shape index (κ3) is 8.09. The predicted octanol–water partition coefficient (Wildman–Crippen LogP) is 8.83. The van der Waals surface area contributed by atoms with Crippen LogP contribution in [0.2, 0.25) is 0 Å². The van der Waals surface area contributed by atoms with Crippen LogP contribution in [0.15, 0.2) is 85.2 Å². The minimum absolute atomic E-state index is 0.0446. The average Bonchev–Trinajstić information content (AvgIpc) is 2.93. The standard InChI is InChI=1S/C26H26F4O3.C4H8/c1-15(23(27)24(28)16(2)32-3)14-33-20-10-6-18(7-11-20)22-13-12-21(25(29)26(22)30)17-4-8-19(31)9-5-17;1-3-4-2/h4-5,8-9,12-13,18,20,31H,1-2,6-7,10-11,14H2,3H3;3H,1,4H2,2H3/b24-23-;. The molecule has 0 unspecified atom stereocenters. The molecular formula is C30H34F4O3. The molecule has 1 saturated carbocycles. The van der Waals surface area contributed by atoms with Crippen LogP contribution in [0.5, 0.6) is 5.75 Å². The Hall–Kier alpha value is -3.32. The zero-order chi connectivity index (χ0) is 27.5. The van der Waals surface area contributed by atoms with Crippen LogP contribution in [0, 0.1) is 11.6 Å². The molecule has 1 fully saturated rings. The van der Waals surface area contributed by atoms with Crippen molar-refractivity contribution >= 4 is 0 Å². The summed E-state index contributed by atoms with van der Waals surface area (Å²) in [6.07, 6.45) is 5.01. The maximum atomic E-state index is 14.9. The van der Waals surface area contributed by atoms with Crippen molar-refractivity contribution in [1.29, 1.82) is 0 Å². The molecule has 7 heteroatoms. The van der Waals surface area contributed by atoms with E-state index in [4.69, 9.17) is 4.74 Å². The summed E-state index contributed by atoms with van der Waals surface area (Å²) in [5, 5.41) is 9.39. The van der Waals surface area contributed by atoms with Gasteiger partial charge in [-0.1, -0.05) is 50.4 Å². The highest BCUT2D eigenvalue weighted by molar-refractivity contribution is 5.65. The highest BCUT2D eigenvalue weighted by Gasteiger charge is 2.27. The van der Waals surface area contributed by atoms with Crippen LogP contribution in [-0.4, -0.2) is 24.9 Å². The molecule has 0 spiro atoms. The molecule has 2 aromatic rings. The topological polar surface area (TPSA) is 38.7 Å². The number of aromatic hydroxyl groups is 1. The van der Waals surface area contributed by atoms with Crippen LogP contribution in [0.4, 0.5) is 17.6 Å². The van der Waals surface area contributed by atoms with Gasteiger partial charge >= 0.3 is 0 Å². The van der Waals surface area contributed by atoms with Crippen LogP contribution in [0.3, 0.4) is 0 Å². The lowest BCUT2D eigenvalue weighted by Crippen LogP contribution is -2.22. The van der Waals surface area contributed by atoms with E-state index in [0.29, 0.717) is 36.8 Å². The van der Waals surface area contributed by atoms with Gasteiger partial charge in [-0.15, -0.1) is 6.58 Å². The van der Waals surface area contributed by atoms with E-state index >= 15 is 0 Å². The van der Waals surface area contributed by atoms with Crippen LogP contribution in [-0.2, 0) is 9.47 Å². The summed E-state index contributed by atoms with van der Waals surface area (Å²) in [6, 6.07) is 9.03. The second kappa shape index (κ2) is 14.4. The molecular weight excluding hydrogens is 484 g/mol. The first-order valence-electron chi connectivity index (χ1n) is 12.1. The number of ether oxygens (including phenoxy) is 2. The molecule has 1 aliphatic rings. The summed E-state index contributed by atoms with van der Waals surface area (Å²) in [7, 11) is 1.18. The van der Waals surface area contributed by atoms with E-state index in [1.807, 2.05) is 6.08 Å². The van der Waals surface area contributed by atoms with Crippen molar-refractivity contribution in [2.75, 3.05) is 13.7 Å². The molecule has 0 amide bonds. The molecule has 0 heterocycles. The maximum Gasteiger partial charge on any atom is 0.200 e. The van der Waals surface area contributed by atoms with Gasteiger partial charge in [-0.05, 0) is 61.3 Å². The van der Waals surface area contributed by atoms with Gasteiger partial charge in [0.1, 0.15) is 11.5 Å². The smallest absolute Gasteiger partial charge is 0.200 e. The predicted molar refractivity (Wildman–Crippen MR) is 139 cm³/mol. The molecule has 0 radical (unpaired) electrons. The van der Waals surface area contributed by atoms with Crippen molar-refractivity contribution in [3.05, 3.63) is 102 Å². The average molecular weight is 519 g/mol. The number of rotatable bonds is 9. The Bertz CT molecular complexity index is 1110. The fraction of sp³-hybridized carbons (Fsp3) is 0.333. The van der Waals surface area contributed by atoms with Gasteiger partial charge in [0.25, 0.3) is 0 Å². The Morgan fingerprint density at radius 3 is 2.11 bits per heavy atom. The Balaban J connectivity index is 0.00000112. The molecule has 200 valence electrons. The first-order chi connectivity index (χ1) is 17.6. The summed E-state index contributed by atoms with van der Waals surface area (Å²) < 4.78 is 67.6. The third-order valence-corrected chi connectivity index (χ3v) is 6.18. The third-order valence-electron chi connectivity index (χ3n) is 6.18. The van der Waals surface area contributed by atoms with Gasteiger partial charge in [0.05, 0.1) is 19.8 Å². The number of methoxy groups -OCH3 is 1. The highest BCUT2D eigenvalue weighted by Crippen LogP contribution is 2.38.